The highest BCUT2D eigenvalue weighted by Gasteiger charge is 2.21. The molecule has 0 aromatic heterocycles. The minimum atomic E-state index is -0.514. The molecule has 0 aromatic carbocycles. The molecule has 0 aliphatic carbocycles. The molecule has 0 fully saturated rings. The second-order valence-corrected chi connectivity index (χ2v) is 4.89. The van der Waals surface area contributed by atoms with Gasteiger partial charge >= 0.3 is 6.09 Å². The van der Waals surface area contributed by atoms with E-state index in [0.29, 0.717) is 13.1 Å². The van der Waals surface area contributed by atoms with Crippen molar-refractivity contribution in [1.82, 2.24) is 4.90 Å². The lowest BCUT2D eigenvalue weighted by molar-refractivity contribution is 0.0216. The second kappa shape index (κ2) is 8.06. The number of nitrogens with zero attached hydrogens (tertiary/aromatic N) is 1. The third kappa shape index (κ3) is 8.68. The van der Waals surface area contributed by atoms with Gasteiger partial charge in [0.15, 0.2) is 0 Å². The van der Waals surface area contributed by atoms with Crippen LogP contribution in [0.4, 0.5) is 4.79 Å². The van der Waals surface area contributed by atoms with E-state index in [0.717, 1.165) is 19.3 Å². The van der Waals surface area contributed by atoms with Crippen molar-refractivity contribution in [1.29, 1.82) is 5.41 Å². The summed E-state index contributed by atoms with van der Waals surface area (Å²) in [6.45, 7) is 6.23. The van der Waals surface area contributed by atoms with Gasteiger partial charge in [-0.1, -0.05) is 0 Å². The molecule has 17 heavy (non-hydrogen) atoms. The van der Waals surface area contributed by atoms with E-state index < -0.39 is 5.60 Å². The Balaban J connectivity index is 4.11. The Kier molecular flexibility index (Phi) is 7.54. The summed E-state index contributed by atoms with van der Waals surface area (Å²) in [5.41, 5.74) is -0.514. The van der Waals surface area contributed by atoms with Crippen molar-refractivity contribution in [2.75, 3.05) is 19.7 Å². The lowest BCUT2D eigenvalue weighted by Gasteiger charge is -2.26. The van der Waals surface area contributed by atoms with Crippen molar-refractivity contribution in [3.63, 3.8) is 0 Å². The quantitative estimate of drug-likeness (QED) is 0.531. The molecule has 0 aromatic rings. The number of carbonyl (C=O) groups excluding carboxylic acids is 1. The molecule has 0 saturated heterocycles. The maximum Gasteiger partial charge on any atom is 0.410 e. The molecule has 1 amide bonds. The van der Waals surface area contributed by atoms with Crippen molar-refractivity contribution in [2.45, 2.75) is 45.6 Å². The average Bonchev–Trinajstić information content (AvgIpc) is 2.20. The van der Waals surface area contributed by atoms with Crippen LogP contribution in [0.2, 0.25) is 0 Å². The van der Waals surface area contributed by atoms with E-state index >= 15 is 0 Å². The third-order valence-electron chi connectivity index (χ3n) is 2.05. The summed E-state index contributed by atoms with van der Waals surface area (Å²) in [5, 5.41) is 15.8. The monoisotopic (exact) mass is 244 g/mol. The Morgan fingerprint density at radius 2 is 2.00 bits per heavy atom. The summed E-state index contributed by atoms with van der Waals surface area (Å²) < 4.78 is 5.24. The van der Waals surface area contributed by atoms with Gasteiger partial charge in [-0.25, -0.2) is 4.79 Å². The fraction of sp³-hybridized carbons (Fsp3) is 0.833. The van der Waals surface area contributed by atoms with E-state index in [1.165, 1.54) is 11.1 Å². The van der Waals surface area contributed by atoms with Gasteiger partial charge in [-0.2, -0.15) is 0 Å². The van der Waals surface area contributed by atoms with E-state index in [-0.39, 0.29) is 12.7 Å². The summed E-state index contributed by atoms with van der Waals surface area (Å²) >= 11 is 0. The van der Waals surface area contributed by atoms with E-state index in [1.807, 2.05) is 20.8 Å². The van der Waals surface area contributed by atoms with E-state index in [4.69, 9.17) is 15.3 Å². The highest BCUT2D eigenvalue weighted by molar-refractivity contribution is 5.68. The van der Waals surface area contributed by atoms with Crippen molar-refractivity contribution in [3.8, 4) is 0 Å². The molecule has 0 saturated carbocycles. The van der Waals surface area contributed by atoms with Crippen LogP contribution in [-0.2, 0) is 4.74 Å². The van der Waals surface area contributed by atoms with Gasteiger partial charge in [-0.3, -0.25) is 0 Å². The van der Waals surface area contributed by atoms with Gasteiger partial charge < -0.3 is 20.2 Å². The van der Waals surface area contributed by atoms with Crippen LogP contribution in [0.15, 0.2) is 0 Å². The van der Waals surface area contributed by atoms with Gasteiger partial charge in [0.2, 0.25) is 0 Å². The summed E-state index contributed by atoms with van der Waals surface area (Å²) in [7, 11) is 0. The lowest BCUT2D eigenvalue weighted by Crippen LogP contribution is -2.39. The largest absolute Gasteiger partial charge is 0.444 e. The van der Waals surface area contributed by atoms with Gasteiger partial charge in [0.05, 0.1) is 6.61 Å². The number of ether oxygens (including phenoxy) is 1. The zero-order valence-corrected chi connectivity index (χ0v) is 11.0. The van der Waals surface area contributed by atoms with Crippen LogP contribution >= 0.6 is 0 Å². The number of hydrogen-bond donors (Lipinski definition) is 2. The highest BCUT2D eigenvalue weighted by Crippen LogP contribution is 2.10. The van der Waals surface area contributed by atoms with Gasteiger partial charge in [-0.15, -0.1) is 0 Å². The van der Waals surface area contributed by atoms with Gasteiger partial charge in [0.25, 0.3) is 0 Å². The molecule has 0 unspecified atom stereocenters. The summed E-state index contributed by atoms with van der Waals surface area (Å²) in [6, 6.07) is 0. The van der Waals surface area contributed by atoms with Gasteiger partial charge in [0.1, 0.15) is 5.60 Å². The predicted molar refractivity (Wildman–Crippen MR) is 67.5 cm³/mol. The number of aliphatic hydroxyl groups excluding tert-OH is 1. The van der Waals surface area contributed by atoms with Crippen molar-refractivity contribution in [3.05, 3.63) is 0 Å². The minimum absolute atomic E-state index is 0.0657. The first kappa shape index (κ1) is 15.9. The number of rotatable bonds is 7. The molecule has 0 spiro atoms. The number of nitrogens with one attached hydrogen (secondary N) is 1. The summed E-state index contributed by atoms with van der Waals surface area (Å²) in [5.74, 6) is 0. The molecule has 0 rings (SSSR count). The average molecular weight is 244 g/mol. The summed E-state index contributed by atoms with van der Waals surface area (Å²) in [4.78, 5) is 13.3. The number of aliphatic hydroxyl groups is 1. The summed E-state index contributed by atoms with van der Waals surface area (Å²) in [6.07, 6.45) is 3.38. The first-order chi connectivity index (χ1) is 7.90. The third-order valence-corrected chi connectivity index (χ3v) is 2.05. The molecule has 5 heteroatoms. The lowest BCUT2D eigenvalue weighted by atomic mass is 10.2. The fourth-order valence-corrected chi connectivity index (χ4v) is 1.29. The maximum absolute atomic E-state index is 11.8. The maximum atomic E-state index is 11.8. The number of carbonyl (C=O) groups is 1. The molecule has 0 radical (unpaired) electrons. The van der Waals surface area contributed by atoms with E-state index in [2.05, 4.69) is 0 Å². The smallest absolute Gasteiger partial charge is 0.410 e. The molecule has 0 heterocycles. The van der Waals surface area contributed by atoms with Crippen molar-refractivity contribution < 1.29 is 14.6 Å². The Hall–Kier alpha value is -1.10. The fourth-order valence-electron chi connectivity index (χ4n) is 1.29. The molecule has 0 aliphatic rings. The van der Waals surface area contributed by atoms with Crippen LogP contribution in [0.25, 0.3) is 0 Å². The first-order valence-electron chi connectivity index (χ1n) is 5.98. The molecule has 100 valence electrons. The normalized spacial score (nSPS) is 11.1. The SMILES string of the molecule is CC(C)(C)OC(=O)N(CCO)CCCCC=N. The zero-order valence-electron chi connectivity index (χ0n) is 11.0. The van der Waals surface area contributed by atoms with E-state index in [9.17, 15) is 4.79 Å². The molecule has 0 bridgehead atoms. The Labute approximate surface area is 103 Å². The minimum Gasteiger partial charge on any atom is -0.444 e. The predicted octanol–water partition coefficient (Wildman–Crippen LogP) is 2.04. The van der Waals surface area contributed by atoms with E-state index in [1.54, 1.807) is 0 Å². The second-order valence-electron chi connectivity index (χ2n) is 4.89. The van der Waals surface area contributed by atoms with Crippen LogP contribution in [0.1, 0.15) is 40.0 Å². The number of amides is 1. The van der Waals surface area contributed by atoms with Crippen molar-refractivity contribution >= 4 is 12.3 Å². The standard InChI is InChI=1S/C12H24N2O3/c1-12(2,3)17-11(16)14(9-10-15)8-6-4-5-7-13/h7,13,15H,4-6,8-10H2,1-3H3. The molecular formula is C12H24N2O3. The molecule has 0 aliphatic heterocycles. The van der Waals surface area contributed by atoms with Crippen LogP contribution in [0, 0.1) is 5.41 Å². The Morgan fingerprint density at radius 3 is 2.47 bits per heavy atom. The van der Waals surface area contributed by atoms with Gasteiger partial charge in [0, 0.05) is 13.1 Å². The van der Waals surface area contributed by atoms with Crippen molar-refractivity contribution in [2.24, 2.45) is 0 Å². The molecular weight excluding hydrogens is 220 g/mol. The van der Waals surface area contributed by atoms with Gasteiger partial charge in [-0.05, 0) is 46.2 Å². The van der Waals surface area contributed by atoms with Crippen LogP contribution < -0.4 is 0 Å². The van der Waals surface area contributed by atoms with Crippen LogP contribution in [-0.4, -0.2) is 47.6 Å². The Bertz CT molecular complexity index is 236. The topological polar surface area (TPSA) is 73.6 Å². The van der Waals surface area contributed by atoms with Crippen LogP contribution in [0.5, 0.6) is 0 Å². The number of hydrogen-bond acceptors (Lipinski definition) is 4. The zero-order chi connectivity index (χ0) is 13.3. The molecule has 2 N–H and O–H groups in total. The number of unbranched alkanes of at least 4 members (excludes halogenated alkanes) is 2. The molecule has 5 nitrogen and oxygen atoms in total. The first-order valence-corrected chi connectivity index (χ1v) is 5.98. The van der Waals surface area contributed by atoms with Crippen LogP contribution in [0.3, 0.4) is 0 Å². The highest BCUT2D eigenvalue weighted by atomic mass is 16.6. The Morgan fingerprint density at radius 1 is 1.35 bits per heavy atom. The molecule has 0 atom stereocenters.